The zero-order valence-corrected chi connectivity index (χ0v) is 22.1. The average molecular weight is 471 g/mol. The minimum Gasteiger partial charge on any atom is -0.463 e. The fraction of sp³-hybridized carbons (Fsp3) is 0.897. The van der Waals surface area contributed by atoms with Gasteiger partial charge in [0.05, 0.1) is 6.07 Å². The normalized spacial score (nSPS) is 42.8. The highest BCUT2D eigenvalue weighted by Gasteiger charge is 2.61. The van der Waals surface area contributed by atoms with Gasteiger partial charge in [0.15, 0.2) is 0 Å². The summed E-state index contributed by atoms with van der Waals surface area (Å²) < 4.78 is 5.62. The number of hydrogen-bond donors (Lipinski definition) is 1. The number of ether oxygens (including phenoxy) is 1. The van der Waals surface area contributed by atoms with E-state index in [0.717, 1.165) is 30.6 Å². The molecule has 4 rings (SSSR count). The van der Waals surface area contributed by atoms with Gasteiger partial charge in [0.2, 0.25) is 5.91 Å². The lowest BCUT2D eigenvalue weighted by atomic mass is 9.44. The van der Waals surface area contributed by atoms with Gasteiger partial charge in [-0.05, 0) is 104 Å². The lowest BCUT2D eigenvalue weighted by molar-refractivity contribution is -0.160. The Morgan fingerprint density at radius 1 is 1.03 bits per heavy atom. The quantitative estimate of drug-likeness (QED) is 0.492. The van der Waals surface area contributed by atoms with Crippen molar-refractivity contribution in [3.05, 3.63) is 0 Å². The molecule has 0 aliphatic heterocycles. The van der Waals surface area contributed by atoms with E-state index in [4.69, 9.17) is 10.00 Å². The first-order valence-electron chi connectivity index (χ1n) is 13.9. The summed E-state index contributed by atoms with van der Waals surface area (Å²) in [7, 11) is 0. The van der Waals surface area contributed by atoms with Crippen LogP contribution in [0.15, 0.2) is 0 Å². The molecule has 0 aromatic carbocycles. The van der Waals surface area contributed by atoms with Gasteiger partial charge >= 0.3 is 5.97 Å². The van der Waals surface area contributed by atoms with Crippen LogP contribution in [0.2, 0.25) is 0 Å². The average Bonchev–Trinajstić information content (AvgIpc) is 3.14. The third-order valence-corrected chi connectivity index (χ3v) is 11.1. The van der Waals surface area contributed by atoms with Crippen molar-refractivity contribution in [3.63, 3.8) is 0 Å². The predicted octanol–water partition coefficient (Wildman–Crippen LogP) is 5.88. The zero-order chi connectivity index (χ0) is 24.7. The summed E-state index contributed by atoms with van der Waals surface area (Å²) in [4.78, 5) is 24.6. The lowest BCUT2D eigenvalue weighted by Crippen LogP contribution is -2.54. The van der Waals surface area contributed by atoms with Gasteiger partial charge < -0.3 is 10.1 Å². The Morgan fingerprint density at radius 2 is 1.74 bits per heavy atom. The Morgan fingerprint density at radius 3 is 2.44 bits per heavy atom. The predicted molar refractivity (Wildman–Crippen MR) is 132 cm³/mol. The van der Waals surface area contributed by atoms with Gasteiger partial charge in [0.1, 0.15) is 6.10 Å². The molecule has 0 aromatic rings. The van der Waals surface area contributed by atoms with Crippen LogP contribution in [0.1, 0.15) is 98.8 Å². The highest BCUT2D eigenvalue weighted by Crippen LogP contribution is 2.68. The topological polar surface area (TPSA) is 79.2 Å². The van der Waals surface area contributed by atoms with E-state index in [1.807, 2.05) is 6.92 Å². The molecule has 34 heavy (non-hydrogen) atoms. The second-order valence-electron chi connectivity index (χ2n) is 12.9. The standard InChI is InChI=1S/C29H46N2O3/c1-18(12-15-30)17-31-27(33)19(2)24-8-9-25-23-7-6-21-16-22(34-20(3)32)10-13-28(21,4)26(23)11-14-29(24,25)5/h18-19,21-26H,6-14,16-17H2,1-5H3,(H,31,33). The third-order valence-electron chi connectivity index (χ3n) is 11.1. The summed E-state index contributed by atoms with van der Waals surface area (Å²) in [6, 6.07) is 2.21. The molecule has 0 saturated heterocycles. The number of esters is 1. The number of nitrogens with zero attached hydrogens (tertiary/aromatic N) is 1. The number of carbonyl (C=O) groups excluding carboxylic acids is 2. The van der Waals surface area contributed by atoms with E-state index in [-0.39, 0.29) is 35.2 Å². The van der Waals surface area contributed by atoms with Gasteiger partial charge in [-0.2, -0.15) is 5.26 Å². The van der Waals surface area contributed by atoms with Crippen LogP contribution >= 0.6 is 0 Å². The van der Waals surface area contributed by atoms with Gasteiger partial charge in [-0.3, -0.25) is 9.59 Å². The Labute approximate surface area is 206 Å². The molecule has 1 amide bonds. The molecule has 10 atom stereocenters. The Bertz CT molecular complexity index is 821. The van der Waals surface area contributed by atoms with Crippen LogP contribution in [0, 0.1) is 63.6 Å². The number of amides is 1. The van der Waals surface area contributed by atoms with E-state index < -0.39 is 0 Å². The second kappa shape index (κ2) is 9.82. The lowest BCUT2D eigenvalue weighted by Gasteiger charge is -2.61. The van der Waals surface area contributed by atoms with Crippen LogP contribution in [0.3, 0.4) is 0 Å². The second-order valence-corrected chi connectivity index (χ2v) is 12.9. The molecule has 4 fully saturated rings. The largest absolute Gasteiger partial charge is 0.463 e. The van der Waals surface area contributed by atoms with Crippen molar-refractivity contribution in [2.45, 2.75) is 105 Å². The Balaban J connectivity index is 1.42. The SMILES string of the molecule is CC(=O)OC1CCC2(C)C(CCC3C2CCC2(C)C(C(C)C(=O)NCC(C)CC#N)CCC32)C1. The monoisotopic (exact) mass is 470 g/mol. The van der Waals surface area contributed by atoms with Crippen LogP contribution < -0.4 is 5.32 Å². The molecule has 5 nitrogen and oxygen atoms in total. The fourth-order valence-electron chi connectivity index (χ4n) is 9.27. The van der Waals surface area contributed by atoms with Crippen molar-refractivity contribution in [2.75, 3.05) is 6.54 Å². The van der Waals surface area contributed by atoms with Crippen molar-refractivity contribution in [1.82, 2.24) is 5.32 Å². The molecular formula is C29H46N2O3. The van der Waals surface area contributed by atoms with Crippen LogP contribution in [0.25, 0.3) is 0 Å². The van der Waals surface area contributed by atoms with E-state index in [1.165, 1.54) is 51.9 Å². The van der Waals surface area contributed by atoms with Crippen molar-refractivity contribution in [3.8, 4) is 6.07 Å². The van der Waals surface area contributed by atoms with Crippen LogP contribution in [0.5, 0.6) is 0 Å². The zero-order valence-electron chi connectivity index (χ0n) is 22.1. The molecule has 0 radical (unpaired) electrons. The fourth-order valence-corrected chi connectivity index (χ4v) is 9.27. The van der Waals surface area contributed by atoms with E-state index >= 15 is 0 Å². The molecule has 4 aliphatic rings. The Kier molecular flexibility index (Phi) is 7.37. The minimum atomic E-state index is -0.134. The maximum absolute atomic E-state index is 13.1. The van der Waals surface area contributed by atoms with Crippen molar-refractivity contribution in [2.24, 2.45) is 52.3 Å². The maximum Gasteiger partial charge on any atom is 0.302 e. The first-order chi connectivity index (χ1) is 16.1. The Hall–Kier alpha value is -1.57. The molecule has 0 bridgehead atoms. The summed E-state index contributed by atoms with van der Waals surface area (Å²) in [5, 5.41) is 12.0. The molecular weight excluding hydrogens is 424 g/mol. The van der Waals surface area contributed by atoms with E-state index in [0.29, 0.717) is 30.2 Å². The number of fused-ring (bicyclic) bond motifs is 5. The molecule has 4 aliphatic carbocycles. The first-order valence-corrected chi connectivity index (χ1v) is 13.9. The van der Waals surface area contributed by atoms with Crippen LogP contribution in [-0.4, -0.2) is 24.5 Å². The number of carbonyl (C=O) groups is 2. The molecule has 190 valence electrons. The summed E-state index contributed by atoms with van der Waals surface area (Å²) >= 11 is 0. The smallest absolute Gasteiger partial charge is 0.302 e. The van der Waals surface area contributed by atoms with E-state index in [2.05, 4.69) is 32.2 Å². The molecule has 0 aromatic heterocycles. The number of nitrogens with one attached hydrogen (secondary N) is 1. The minimum absolute atomic E-state index is 0.0342. The van der Waals surface area contributed by atoms with Gasteiger partial charge in [-0.15, -0.1) is 0 Å². The van der Waals surface area contributed by atoms with Crippen LogP contribution in [0.4, 0.5) is 0 Å². The van der Waals surface area contributed by atoms with Gasteiger partial charge in [0, 0.05) is 25.8 Å². The molecule has 0 spiro atoms. The summed E-state index contributed by atoms with van der Waals surface area (Å²) in [6.45, 7) is 11.4. The molecule has 1 N–H and O–H groups in total. The summed E-state index contributed by atoms with van der Waals surface area (Å²) in [5.41, 5.74) is 0.632. The van der Waals surface area contributed by atoms with Crippen LogP contribution in [-0.2, 0) is 14.3 Å². The summed E-state index contributed by atoms with van der Waals surface area (Å²) in [5.74, 6) is 3.70. The van der Waals surface area contributed by atoms with Gasteiger partial charge in [0.25, 0.3) is 0 Å². The van der Waals surface area contributed by atoms with Crippen molar-refractivity contribution >= 4 is 11.9 Å². The highest BCUT2D eigenvalue weighted by molar-refractivity contribution is 5.78. The van der Waals surface area contributed by atoms with Crippen molar-refractivity contribution in [1.29, 1.82) is 5.26 Å². The first kappa shape index (κ1) is 25.5. The van der Waals surface area contributed by atoms with E-state index in [9.17, 15) is 9.59 Å². The molecule has 5 heteroatoms. The van der Waals surface area contributed by atoms with Crippen molar-refractivity contribution < 1.29 is 14.3 Å². The highest BCUT2D eigenvalue weighted by atomic mass is 16.5. The molecule has 10 unspecified atom stereocenters. The third kappa shape index (κ3) is 4.51. The van der Waals surface area contributed by atoms with E-state index in [1.54, 1.807) is 0 Å². The molecule has 4 saturated carbocycles. The number of rotatable bonds is 6. The molecule has 0 heterocycles. The number of hydrogen-bond acceptors (Lipinski definition) is 4. The van der Waals surface area contributed by atoms with Gasteiger partial charge in [-0.1, -0.05) is 27.7 Å². The van der Waals surface area contributed by atoms with Gasteiger partial charge in [-0.25, -0.2) is 0 Å². The summed E-state index contributed by atoms with van der Waals surface area (Å²) in [6.07, 6.45) is 11.4. The maximum atomic E-state index is 13.1. The number of nitriles is 1.